The maximum atomic E-state index is 13.2. The highest BCUT2D eigenvalue weighted by molar-refractivity contribution is 5.10. The van der Waals surface area contributed by atoms with Crippen molar-refractivity contribution in [2.75, 3.05) is 19.8 Å². The second-order valence-corrected chi connectivity index (χ2v) is 4.54. The largest absolute Gasteiger partial charge is 0.380 e. The third-order valence-corrected chi connectivity index (χ3v) is 3.03. The van der Waals surface area contributed by atoms with Crippen molar-refractivity contribution in [3.8, 4) is 0 Å². The van der Waals surface area contributed by atoms with Crippen molar-refractivity contribution in [2.45, 2.75) is 33.2 Å². The smallest absolute Gasteiger partial charge is 0.217 e. The summed E-state index contributed by atoms with van der Waals surface area (Å²) >= 11 is 0. The van der Waals surface area contributed by atoms with Crippen LogP contribution >= 0.6 is 0 Å². The molecule has 1 aromatic heterocycles. The first-order chi connectivity index (χ1) is 8.74. The number of halogens is 1. The molecule has 0 spiro atoms. The van der Waals surface area contributed by atoms with Crippen molar-refractivity contribution in [3.63, 3.8) is 0 Å². The first kappa shape index (κ1) is 15.1. The Morgan fingerprint density at radius 2 is 2.28 bits per heavy atom. The Morgan fingerprint density at radius 3 is 3.00 bits per heavy atom. The summed E-state index contributed by atoms with van der Waals surface area (Å²) in [5.74, 6) is 0.324. The lowest BCUT2D eigenvalue weighted by atomic mass is 10.1. The van der Waals surface area contributed by atoms with E-state index in [4.69, 9.17) is 4.74 Å². The van der Waals surface area contributed by atoms with Crippen LogP contribution in [0, 0.1) is 11.9 Å². The topological polar surface area (TPSA) is 34.1 Å². The van der Waals surface area contributed by atoms with Crippen LogP contribution in [0.15, 0.2) is 18.3 Å². The van der Waals surface area contributed by atoms with Crippen LogP contribution in [-0.2, 0) is 11.3 Å². The summed E-state index contributed by atoms with van der Waals surface area (Å²) in [5.41, 5.74) is 0.595. The zero-order valence-corrected chi connectivity index (χ0v) is 11.3. The Kier molecular flexibility index (Phi) is 7.53. The van der Waals surface area contributed by atoms with Crippen molar-refractivity contribution in [3.05, 3.63) is 29.8 Å². The summed E-state index contributed by atoms with van der Waals surface area (Å²) in [6, 6.07) is 3.47. The molecule has 0 aliphatic carbocycles. The van der Waals surface area contributed by atoms with Gasteiger partial charge in [-0.15, -0.1) is 0 Å². The summed E-state index contributed by atoms with van der Waals surface area (Å²) in [6.45, 7) is 7.11. The van der Waals surface area contributed by atoms with Crippen LogP contribution in [0.2, 0.25) is 0 Å². The van der Waals surface area contributed by atoms with Gasteiger partial charge >= 0.3 is 0 Å². The standard InChI is InChI=1S/C14H23FN2O/c1-3-12(2)6-9-18-10-8-16-11-13-5-4-7-17-14(13)15/h4-5,7,12,16H,3,6,8-11H2,1-2H3/t12-/m1/s1. The lowest BCUT2D eigenvalue weighted by Crippen LogP contribution is -2.20. The second-order valence-electron chi connectivity index (χ2n) is 4.54. The molecule has 0 aliphatic rings. The summed E-state index contributed by atoms with van der Waals surface area (Å²) in [5, 5.41) is 3.14. The quantitative estimate of drug-likeness (QED) is 0.543. The predicted octanol–water partition coefficient (Wildman–Crippen LogP) is 2.76. The van der Waals surface area contributed by atoms with Crippen LogP contribution in [0.3, 0.4) is 0 Å². The molecule has 0 saturated heterocycles. The van der Waals surface area contributed by atoms with E-state index in [1.165, 1.54) is 12.6 Å². The molecule has 0 fully saturated rings. The maximum Gasteiger partial charge on any atom is 0.217 e. The molecule has 0 saturated carbocycles. The second kappa shape index (κ2) is 9.00. The molecule has 18 heavy (non-hydrogen) atoms. The van der Waals surface area contributed by atoms with Crippen LogP contribution in [0.25, 0.3) is 0 Å². The monoisotopic (exact) mass is 254 g/mol. The minimum atomic E-state index is -0.400. The van der Waals surface area contributed by atoms with E-state index >= 15 is 0 Å². The number of hydrogen-bond acceptors (Lipinski definition) is 3. The van der Waals surface area contributed by atoms with Crippen LogP contribution in [0.4, 0.5) is 4.39 Å². The SMILES string of the molecule is CC[C@@H](C)CCOCCNCc1cccnc1F. The van der Waals surface area contributed by atoms with Gasteiger partial charge < -0.3 is 10.1 Å². The van der Waals surface area contributed by atoms with Crippen molar-refractivity contribution in [1.82, 2.24) is 10.3 Å². The van der Waals surface area contributed by atoms with E-state index in [0.29, 0.717) is 18.7 Å². The Hall–Kier alpha value is -1.00. The zero-order valence-electron chi connectivity index (χ0n) is 11.3. The van der Waals surface area contributed by atoms with E-state index in [0.717, 1.165) is 25.5 Å². The molecular weight excluding hydrogens is 231 g/mol. The molecule has 102 valence electrons. The van der Waals surface area contributed by atoms with Crippen molar-refractivity contribution in [2.24, 2.45) is 5.92 Å². The van der Waals surface area contributed by atoms with Gasteiger partial charge in [0.25, 0.3) is 0 Å². The van der Waals surface area contributed by atoms with Gasteiger partial charge in [-0.05, 0) is 18.4 Å². The predicted molar refractivity (Wildman–Crippen MR) is 70.8 cm³/mol. The van der Waals surface area contributed by atoms with Crippen LogP contribution in [0.1, 0.15) is 32.3 Å². The fourth-order valence-corrected chi connectivity index (χ4v) is 1.51. The van der Waals surface area contributed by atoms with E-state index in [9.17, 15) is 4.39 Å². The average Bonchev–Trinajstić information content (AvgIpc) is 2.39. The Bertz CT molecular complexity index is 333. The van der Waals surface area contributed by atoms with Crippen molar-refractivity contribution in [1.29, 1.82) is 0 Å². The van der Waals surface area contributed by atoms with Crippen LogP contribution in [0.5, 0.6) is 0 Å². The highest BCUT2D eigenvalue weighted by atomic mass is 19.1. The summed E-state index contributed by atoms with van der Waals surface area (Å²) in [6.07, 6.45) is 3.76. The molecule has 0 radical (unpaired) electrons. The number of hydrogen-bond donors (Lipinski definition) is 1. The number of rotatable bonds is 9. The molecule has 1 aromatic rings. The van der Waals surface area contributed by atoms with Crippen LogP contribution in [-0.4, -0.2) is 24.7 Å². The van der Waals surface area contributed by atoms with Crippen molar-refractivity contribution < 1.29 is 9.13 Å². The van der Waals surface area contributed by atoms with Gasteiger partial charge in [0.1, 0.15) is 0 Å². The molecule has 4 heteroatoms. The molecule has 0 aliphatic heterocycles. The van der Waals surface area contributed by atoms with Gasteiger partial charge in [-0.2, -0.15) is 4.39 Å². The lowest BCUT2D eigenvalue weighted by molar-refractivity contribution is 0.123. The number of ether oxygens (including phenoxy) is 1. The zero-order chi connectivity index (χ0) is 13.2. The molecule has 1 atom stereocenters. The molecule has 0 unspecified atom stereocenters. The van der Waals surface area contributed by atoms with Gasteiger partial charge in [0.2, 0.25) is 5.95 Å². The molecule has 1 N–H and O–H groups in total. The number of aromatic nitrogens is 1. The van der Waals surface area contributed by atoms with Gasteiger partial charge in [-0.1, -0.05) is 26.3 Å². The number of pyridine rings is 1. The minimum absolute atomic E-state index is 0.400. The van der Waals surface area contributed by atoms with Gasteiger partial charge in [-0.25, -0.2) is 4.98 Å². The van der Waals surface area contributed by atoms with Crippen LogP contribution < -0.4 is 5.32 Å². The van der Waals surface area contributed by atoms with E-state index in [1.807, 2.05) is 0 Å². The summed E-state index contributed by atoms with van der Waals surface area (Å²) in [4.78, 5) is 3.60. The lowest BCUT2D eigenvalue weighted by Gasteiger charge is -2.09. The molecule has 0 bridgehead atoms. The van der Waals surface area contributed by atoms with Gasteiger partial charge in [0.15, 0.2) is 0 Å². The highest BCUT2D eigenvalue weighted by Crippen LogP contribution is 2.05. The van der Waals surface area contributed by atoms with E-state index in [-0.39, 0.29) is 0 Å². The van der Waals surface area contributed by atoms with E-state index in [2.05, 4.69) is 24.1 Å². The summed E-state index contributed by atoms with van der Waals surface area (Å²) in [7, 11) is 0. The normalized spacial score (nSPS) is 12.6. The number of nitrogens with zero attached hydrogens (tertiary/aromatic N) is 1. The van der Waals surface area contributed by atoms with E-state index in [1.54, 1.807) is 12.1 Å². The Morgan fingerprint density at radius 1 is 1.44 bits per heavy atom. The van der Waals surface area contributed by atoms with Crippen molar-refractivity contribution >= 4 is 0 Å². The van der Waals surface area contributed by atoms with Gasteiger partial charge in [0.05, 0.1) is 6.61 Å². The van der Waals surface area contributed by atoms with E-state index < -0.39 is 5.95 Å². The fraction of sp³-hybridized carbons (Fsp3) is 0.643. The van der Waals surface area contributed by atoms with Gasteiger partial charge in [0, 0.05) is 31.5 Å². The first-order valence-corrected chi connectivity index (χ1v) is 6.62. The maximum absolute atomic E-state index is 13.2. The minimum Gasteiger partial charge on any atom is -0.380 e. The third kappa shape index (κ3) is 6.07. The fourth-order valence-electron chi connectivity index (χ4n) is 1.51. The molecule has 0 amide bonds. The average molecular weight is 254 g/mol. The third-order valence-electron chi connectivity index (χ3n) is 3.03. The van der Waals surface area contributed by atoms with Gasteiger partial charge in [-0.3, -0.25) is 0 Å². The summed E-state index contributed by atoms with van der Waals surface area (Å²) < 4.78 is 18.7. The molecule has 3 nitrogen and oxygen atoms in total. The number of nitrogens with one attached hydrogen (secondary N) is 1. The first-order valence-electron chi connectivity index (χ1n) is 6.62. The molecule has 1 rings (SSSR count). The Balaban J connectivity index is 2.01. The highest BCUT2D eigenvalue weighted by Gasteiger charge is 2.01. The molecule has 0 aromatic carbocycles. The molecule has 1 heterocycles. The molecular formula is C14H23FN2O. The Labute approximate surface area is 109 Å².